The van der Waals surface area contributed by atoms with Gasteiger partial charge in [-0.15, -0.1) is 0 Å². The van der Waals surface area contributed by atoms with E-state index in [1.165, 1.54) is 5.56 Å². The summed E-state index contributed by atoms with van der Waals surface area (Å²) in [7, 11) is 0. The van der Waals surface area contributed by atoms with Crippen LogP contribution in [0, 0.1) is 6.92 Å². The van der Waals surface area contributed by atoms with Gasteiger partial charge in [-0.2, -0.15) is 0 Å². The molecule has 4 rings (SSSR count). The predicted molar refractivity (Wildman–Crippen MR) is 142 cm³/mol. The van der Waals surface area contributed by atoms with Crippen molar-refractivity contribution in [3.8, 4) is 5.75 Å². The van der Waals surface area contributed by atoms with Gasteiger partial charge in [0.2, 0.25) is 5.91 Å². The number of carbonyl (C=O) groups excluding carboxylic acids is 3. The summed E-state index contributed by atoms with van der Waals surface area (Å²) in [6.07, 6.45) is 1.62. The van der Waals surface area contributed by atoms with Crippen LogP contribution in [0.2, 0.25) is 5.02 Å². The predicted octanol–water partition coefficient (Wildman–Crippen LogP) is 6.66. The molecule has 1 saturated heterocycles. The van der Waals surface area contributed by atoms with E-state index in [2.05, 4.69) is 21.2 Å². The van der Waals surface area contributed by atoms with Crippen LogP contribution >= 0.6 is 39.3 Å². The van der Waals surface area contributed by atoms with E-state index in [9.17, 15) is 14.4 Å². The fourth-order valence-corrected chi connectivity index (χ4v) is 4.79. The summed E-state index contributed by atoms with van der Waals surface area (Å²) in [4.78, 5) is 38.7. The highest BCUT2D eigenvalue weighted by molar-refractivity contribution is 9.10. The van der Waals surface area contributed by atoms with Crippen LogP contribution in [0.5, 0.6) is 5.75 Å². The Kier molecular flexibility index (Phi) is 7.95. The molecule has 6 nitrogen and oxygen atoms in total. The first kappa shape index (κ1) is 25.0. The van der Waals surface area contributed by atoms with Crippen molar-refractivity contribution in [1.82, 2.24) is 4.90 Å². The van der Waals surface area contributed by atoms with Crippen molar-refractivity contribution < 1.29 is 19.1 Å². The Morgan fingerprint density at radius 3 is 2.57 bits per heavy atom. The smallest absolute Gasteiger partial charge is 0.294 e. The number of halogens is 2. The molecule has 0 unspecified atom stereocenters. The van der Waals surface area contributed by atoms with Crippen LogP contribution in [-0.4, -0.2) is 28.5 Å². The van der Waals surface area contributed by atoms with Crippen LogP contribution in [0.4, 0.5) is 10.5 Å². The average molecular weight is 572 g/mol. The second-order valence-electron chi connectivity index (χ2n) is 7.76. The van der Waals surface area contributed by atoms with Crippen molar-refractivity contribution in [2.45, 2.75) is 13.5 Å². The fourth-order valence-electron chi connectivity index (χ4n) is 3.25. The quantitative estimate of drug-likeness (QED) is 0.321. The summed E-state index contributed by atoms with van der Waals surface area (Å²) < 4.78 is 6.61. The summed E-state index contributed by atoms with van der Waals surface area (Å²) >= 11 is 10.3. The van der Waals surface area contributed by atoms with Gasteiger partial charge < -0.3 is 10.1 Å². The van der Waals surface area contributed by atoms with Gasteiger partial charge in [0, 0.05) is 0 Å². The Bertz CT molecular complexity index is 1330. The van der Waals surface area contributed by atoms with E-state index in [4.69, 9.17) is 16.3 Å². The Labute approximate surface area is 220 Å². The Hall–Kier alpha value is -3.07. The molecule has 1 aliphatic heterocycles. The molecule has 1 fully saturated rings. The number of hydrogen-bond donors (Lipinski definition) is 1. The monoisotopic (exact) mass is 570 g/mol. The molecule has 35 heavy (non-hydrogen) atoms. The highest BCUT2D eigenvalue weighted by atomic mass is 79.9. The van der Waals surface area contributed by atoms with Gasteiger partial charge in [0.1, 0.15) is 18.9 Å². The topological polar surface area (TPSA) is 75.7 Å². The molecule has 0 radical (unpaired) electrons. The lowest BCUT2D eigenvalue weighted by Crippen LogP contribution is -2.36. The molecule has 0 atom stereocenters. The maximum absolute atomic E-state index is 12.8. The molecule has 3 aromatic rings. The van der Waals surface area contributed by atoms with Gasteiger partial charge in [0.15, 0.2) is 0 Å². The van der Waals surface area contributed by atoms with Gasteiger partial charge >= 0.3 is 0 Å². The van der Waals surface area contributed by atoms with Crippen LogP contribution in [0.25, 0.3) is 6.08 Å². The van der Waals surface area contributed by atoms with Crippen molar-refractivity contribution in [2.24, 2.45) is 0 Å². The van der Waals surface area contributed by atoms with E-state index >= 15 is 0 Å². The van der Waals surface area contributed by atoms with E-state index in [1.807, 2.05) is 37.3 Å². The highest BCUT2D eigenvalue weighted by Gasteiger charge is 2.36. The van der Waals surface area contributed by atoms with Gasteiger partial charge in [-0.05, 0) is 76.1 Å². The number of thioether (sulfide) groups is 1. The third-order valence-corrected chi connectivity index (χ3v) is 6.95. The van der Waals surface area contributed by atoms with E-state index in [0.717, 1.165) is 26.7 Å². The van der Waals surface area contributed by atoms with Crippen molar-refractivity contribution in [3.05, 3.63) is 97.8 Å². The third-order valence-electron chi connectivity index (χ3n) is 5.09. The van der Waals surface area contributed by atoms with Gasteiger partial charge in [-0.1, -0.05) is 59.6 Å². The van der Waals surface area contributed by atoms with Gasteiger partial charge in [-0.25, -0.2) is 0 Å². The zero-order chi connectivity index (χ0) is 24.9. The lowest BCUT2D eigenvalue weighted by atomic mass is 10.1. The van der Waals surface area contributed by atoms with Crippen molar-refractivity contribution in [2.75, 3.05) is 11.9 Å². The van der Waals surface area contributed by atoms with Crippen LogP contribution in [0.1, 0.15) is 16.7 Å². The number of benzene rings is 3. The lowest BCUT2D eigenvalue weighted by molar-refractivity contribution is -0.127. The Morgan fingerprint density at radius 1 is 1.11 bits per heavy atom. The molecule has 0 aliphatic carbocycles. The normalized spacial score (nSPS) is 14.5. The molecule has 0 bridgehead atoms. The number of carbonyl (C=O) groups is 3. The SMILES string of the molecule is Cc1ccc(COc2ccc(/C=C3/SC(=O)N(CC(=O)Nc4ccccc4Cl)C3=O)cc2Br)cc1. The molecule has 1 heterocycles. The summed E-state index contributed by atoms with van der Waals surface area (Å²) in [5.74, 6) is -0.378. The Morgan fingerprint density at radius 2 is 1.86 bits per heavy atom. The second-order valence-corrected chi connectivity index (χ2v) is 10.0. The largest absolute Gasteiger partial charge is 0.488 e. The van der Waals surface area contributed by atoms with Crippen LogP contribution in [-0.2, 0) is 16.2 Å². The van der Waals surface area contributed by atoms with E-state index in [0.29, 0.717) is 28.6 Å². The number of hydrogen-bond acceptors (Lipinski definition) is 5. The molecule has 0 aromatic heterocycles. The third kappa shape index (κ3) is 6.33. The first-order valence-electron chi connectivity index (χ1n) is 10.6. The number of para-hydroxylation sites is 1. The van der Waals surface area contributed by atoms with Gasteiger partial charge in [0.05, 0.1) is 20.1 Å². The highest BCUT2D eigenvalue weighted by Crippen LogP contribution is 2.34. The minimum Gasteiger partial charge on any atom is -0.488 e. The summed E-state index contributed by atoms with van der Waals surface area (Å²) in [6.45, 7) is 2.06. The molecular weight excluding hydrogens is 552 g/mol. The maximum Gasteiger partial charge on any atom is 0.294 e. The number of ether oxygens (including phenoxy) is 1. The molecule has 9 heteroatoms. The Balaban J connectivity index is 1.40. The molecule has 178 valence electrons. The number of anilines is 1. The number of imide groups is 1. The van der Waals surface area contributed by atoms with E-state index in [1.54, 1.807) is 42.5 Å². The number of amides is 3. The summed E-state index contributed by atoms with van der Waals surface area (Å²) in [6, 6.07) is 20.2. The standard InChI is InChI=1S/C26H20BrClN2O4S/c1-16-6-8-17(9-7-16)15-34-22-11-10-18(12-19(22)27)13-23-25(32)30(26(33)35-23)14-24(31)29-21-5-3-2-4-20(21)28/h2-13H,14-15H2,1H3,(H,29,31)/b23-13+. The van der Waals surface area contributed by atoms with Crippen LogP contribution in [0.15, 0.2) is 76.1 Å². The van der Waals surface area contributed by atoms with Crippen LogP contribution in [0.3, 0.4) is 0 Å². The van der Waals surface area contributed by atoms with Gasteiger partial charge in [-0.3, -0.25) is 19.3 Å². The number of rotatable bonds is 7. The molecule has 1 N–H and O–H groups in total. The van der Waals surface area contributed by atoms with E-state index < -0.39 is 23.6 Å². The van der Waals surface area contributed by atoms with Crippen LogP contribution < -0.4 is 10.1 Å². The second kappa shape index (κ2) is 11.1. The zero-order valence-corrected chi connectivity index (χ0v) is 21.7. The van der Waals surface area contributed by atoms with Crippen molar-refractivity contribution >= 4 is 68.1 Å². The number of aryl methyl sites for hydroxylation is 1. The maximum atomic E-state index is 12.8. The minimum absolute atomic E-state index is 0.237. The van der Waals surface area contributed by atoms with Crippen molar-refractivity contribution in [3.63, 3.8) is 0 Å². The zero-order valence-electron chi connectivity index (χ0n) is 18.6. The molecule has 3 amide bonds. The summed E-state index contributed by atoms with van der Waals surface area (Å²) in [5.41, 5.74) is 3.37. The molecule has 0 spiro atoms. The first-order valence-corrected chi connectivity index (χ1v) is 12.6. The number of nitrogens with zero attached hydrogens (tertiary/aromatic N) is 1. The minimum atomic E-state index is -0.523. The average Bonchev–Trinajstić information content (AvgIpc) is 3.08. The molecule has 0 saturated carbocycles. The molecule has 3 aromatic carbocycles. The molecular formula is C26H20BrClN2O4S. The molecule has 1 aliphatic rings. The lowest BCUT2D eigenvalue weighted by Gasteiger charge is -2.13. The van der Waals surface area contributed by atoms with Gasteiger partial charge in [0.25, 0.3) is 11.1 Å². The van der Waals surface area contributed by atoms with E-state index in [-0.39, 0.29) is 4.91 Å². The number of nitrogens with one attached hydrogen (secondary N) is 1. The summed E-state index contributed by atoms with van der Waals surface area (Å²) in [5, 5.41) is 2.48. The van der Waals surface area contributed by atoms with Crippen molar-refractivity contribution in [1.29, 1.82) is 0 Å². The first-order chi connectivity index (χ1) is 16.8. The fraction of sp³-hybridized carbons (Fsp3) is 0.115.